The molecular formula is C58H52N2O. The molecule has 1 heterocycles. The fraction of sp³-hybridized carbons (Fsp3) is 0.207. The van der Waals surface area contributed by atoms with Crippen LogP contribution in [0.5, 0.6) is 11.5 Å². The Labute approximate surface area is 359 Å². The second-order valence-corrected chi connectivity index (χ2v) is 17.8. The normalized spacial score (nSPS) is 19.9. The van der Waals surface area contributed by atoms with Crippen LogP contribution in [0, 0.1) is 23.7 Å². The molecule has 2 aliphatic rings. The van der Waals surface area contributed by atoms with Crippen molar-refractivity contribution in [2.45, 2.75) is 51.9 Å². The Morgan fingerprint density at radius 1 is 0.525 bits per heavy atom. The average Bonchev–Trinajstić information content (AvgIpc) is 3.64. The van der Waals surface area contributed by atoms with Gasteiger partial charge in [0, 0.05) is 39.6 Å². The zero-order chi connectivity index (χ0) is 40.9. The fourth-order valence-corrected chi connectivity index (χ4v) is 11.3. The predicted molar refractivity (Wildman–Crippen MR) is 256 cm³/mol. The summed E-state index contributed by atoms with van der Waals surface area (Å²) in [6.45, 7) is 4.86. The predicted octanol–water partition coefficient (Wildman–Crippen LogP) is 16.4. The zero-order valence-corrected chi connectivity index (χ0v) is 35.1. The molecule has 3 heteroatoms. The molecular weight excluding hydrogens is 741 g/mol. The first-order valence-corrected chi connectivity index (χ1v) is 22.4. The maximum atomic E-state index is 6.97. The van der Waals surface area contributed by atoms with Gasteiger partial charge in [-0.3, -0.25) is 0 Å². The van der Waals surface area contributed by atoms with Gasteiger partial charge in [-0.2, -0.15) is 0 Å². The molecule has 3 unspecified atom stereocenters. The molecule has 5 atom stereocenters. The number of fused-ring (bicyclic) bond motifs is 6. The largest absolute Gasteiger partial charge is 0.457 e. The molecule has 61 heavy (non-hydrogen) atoms. The van der Waals surface area contributed by atoms with Crippen molar-refractivity contribution in [2.75, 3.05) is 4.90 Å². The molecule has 2 bridgehead atoms. The summed E-state index contributed by atoms with van der Waals surface area (Å²) in [5, 5.41) is 5.01. The van der Waals surface area contributed by atoms with E-state index in [9.17, 15) is 0 Å². The second-order valence-electron chi connectivity index (χ2n) is 17.8. The SMILES string of the molecule is CCC1C[C@H]2CC(C)C[C@@H](C1)C2c1ccc(N(c2ccc(-c3ccc(-n4c5ccccc5c5ccccc54)cc3)cc2)c2ccc3ccccc3c2)cc1Oc1ccccc1. The Balaban J connectivity index is 0.982. The smallest absolute Gasteiger partial charge is 0.133 e. The quantitative estimate of drug-likeness (QED) is 0.145. The highest BCUT2D eigenvalue weighted by molar-refractivity contribution is 6.09. The number of para-hydroxylation sites is 3. The summed E-state index contributed by atoms with van der Waals surface area (Å²) >= 11 is 0. The van der Waals surface area contributed by atoms with Crippen molar-refractivity contribution in [3.63, 3.8) is 0 Å². The van der Waals surface area contributed by atoms with Crippen molar-refractivity contribution in [3.05, 3.63) is 194 Å². The van der Waals surface area contributed by atoms with Gasteiger partial charge in [-0.05, 0) is 149 Å². The van der Waals surface area contributed by atoms with E-state index in [1.165, 1.54) is 81.4 Å². The van der Waals surface area contributed by atoms with E-state index in [-0.39, 0.29) is 0 Å². The Morgan fingerprint density at radius 2 is 1.08 bits per heavy atom. The van der Waals surface area contributed by atoms with Crippen LogP contribution in [0.2, 0.25) is 0 Å². The lowest BCUT2D eigenvalue weighted by molar-refractivity contribution is 0.0708. The van der Waals surface area contributed by atoms with Crippen LogP contribution in [0.15, 0.2) is 188 Å². The van der Waals surface area contributed by atoms with Crippen molar-refractivity contribution in [3.8, 4) is 28.3 Å². The first-order chi connectivity index (χ1) is 30.1. The van der Waals surface area contributed by atoms with E-state index < -0.39 is 0 Å². The molecule has 2 aliphatic carbocycles. The van der Waals surface area contributed by atoms with Crippen LogP contribution in [0.1, 0.15) is 57.4 Å². The molecule has 0 aliphatic heterocycles. The van der Waals surface area contributed by atoms with Crippen molar-refractivity contribution >= 4 is 49.6 Å². The Kier molecular flexibility index (Phi) is 9.69. The van der Waals surface area contributed by atoms with E-state index in [1.54, 1.807) is 0 Å². The number of hydrogen-bond donors (Lipinski definition) is 0. The molecule has 3 nitrogen and oxygen atoms in total. The van der Waals surface area contributed by atoms with Crippen LogP contribution < -0.4 is 9.64 Å². The molecule has 1 aromatic heterocycles. The molecule has 300 valence electrons. The van der Waals surface area contributed by atoms with Crippen molar-refractivity contribution < 1.29 is 4.74 Å². The number of hydrogen-bond acceptors (Lipinski definition) is 2. The van der Waals surface area contributed by atoms with Crippen molar-refractivity contribution in [1.82, 2.24) is 4.57 Å². The van der Waals surface area contributed by atoms with Gasteiger partial charge >= 0.3 is 0 Å². The standard InChI is InChI=1S/C58H52N2O/c1-3-40-35-45-33-39(2)34-46(36-40)58(45)54-32-31-50(38-57(54)61-51-15-5-4-6-16-51)59(49-30-25-41-13-7-8-14-44(41)37-49)47-26-21-42(22-27-47)43-23-28-48(29-24-43)60-55-19-11-9-17-52(55)53-18-10-12-20-56(53)60/h4-32,37-40,45-46,58H,3,33-36H2,1-2H3/t39?,40?,45-,46+,58?. The molecule has 0 radical (unpaired) electrons. The highest BCUT2D eigenvalue weighted by Gasteiger charge is 2.43. The minimum atomic E-state index is 0.515. The molecule has 0 saturated heterocycles. The van der Waals surface area contributed by atoms with Gasteiger partial charge in [0.05, 0.1) is 11.0 Å². The Bertz CT molecular complexity index is 2910. The maximum absolute atomic E-state index is 6.97. The molecule has 0 spiro atoms. The number of benzene rings is 8. The fourth-order valence-electron chi connectivity index (χ4n) is 11.3. The average molecular weight is 793 g/mol. The first kappa shape index (κ1) is 37.4. The lowest BCUT2D eigenvalue weighted by atomic mass is 9.57. The Morgan fingerprint density at radius 3 is 1.75 bits per heavy atom. The van der Waals surface area contributed by atoms with Gasteiger partial charge in [0.25, 0.3) is 0 Å². The van der Waals surface area contributed by atoms with Crippen LogP contribution in [0.4, 0.5) is 17.1 Å². The highest BCUT2D eigenvalue weighted by atomic mass is 16.5. The van der Waals surface area contributed by atoms with Gasteiger partial charge in [0.15, 0.2) is 0 Å². The Hall–Kier alpha value is -6.58. The number of rotatable bonds is 9. The van der Waals surface area contributed by atoms with Crippen LogP contribution in [0.3, 0.4) is 0 Å². The number of ether oxygens (including phenoxy) is 1. The molecule has 8 aromatic carbocycles. The molecule has 9 aromatic rings. The number of aromatic nitrogens is 1. The van der Waals surface area contributed by atoms with E-state index >= 15 is 0 Å². The summed E-state index contributed by atoms with van der Waals surface area (Å²) < 4.78 is 9.35. The van der Waals surface area contributed by atoms with Gasteiger partial charge in [-0.15, -0.1) is 0 Å². The maximum Gasteiger partial charge on any atom is 0.133 e. The van der Waals surface area contributed by atoms with Gasteiger partial charge in [-0.1, -0.05) is 136 Å². The summed E-state index contributed by atoms with van der Waals surface area (Å²) in [5.74, 6) is 5.38. The number of nitrogens with zero attached hydrogens (tertiary/aromatic N) is 2. The second kappa shape index (κ2) is 15.8. The zero-order valence-electron chi connectivity index (χ0n) is 35.1. The molecule has 11 rings (SSSR count). The molecule has 0 amide bonds. The van der Waals surface area contributed by atoms with Crippen LogP contribution in [-0.4, -0.2) is 4.57 Å². The van der Waals surface area contributed by atoms with Crippen molar-refractivity contribution in [1.29, 1.82) is 0 Å². The third kappa shape index (κ3) is 6.96. The van der Waals surface area contributed by atoms with E-state index in [0.29, 0.717) is 17.8 Å². The number of anilines is 3. The van der Waals surface area contributed by atoms with Gasteiger partial charge in [-0.25, -0.2) is 0 Å². The third-order valence-corrected chi connectivity index (χ3v) is 14.0. The van der Waals surface area contributed by atoms with Crippen LogP contribution in [0.25, 0.3) is 49.4 Å². The summed E-state index contributed by atoms with van der Waals surface area (Å²) in [7, 11) is 0. The topological polar surface area (TPSA) is 17.4 Å². The minimum absolute atomic E-state index is 0.515. The van der Waals surface area contributed by atoms with E-state index in [0.717, 1.165) is 46.1 Å². The van der Waals surface area contributed by atoms with Crippen molar-refractivity contribution in [2.24, 2.45) is 23.7 Å². The molecule has 0 N–H and O–H groups in total. The summed E-state index contributed by atoms with van der Waals surface area (Å²) in [5.41, 5.74) is 10.7. The van der Waals surface area contributed by atoms with E-state index in [4.69, 9.17) is 4.74 Å². The molecule has 2 saturated carbocycles. The highest BCUT2D eigenvalue weighted by Crippen LogP contribution is 2.56. The molecule has 2 fully saturated rings. The van der Waals surface area contributed by atoms with Gasteiger partial charge < -0.3 is 14.2 Å². The van der Waals surface area contributed by atoms with Gasteiger partial charge in [0.1, 0.15) is 11.5 Å². The summed E-state index contributed by atoms with van der Waals surface area (Å²) in [6.07, 6.45) is 6.55. The minimum Gasteiger partial charge on any atom is -0.457 e. The lowest BCUT2D eigenvalue weighted by Crippen LogP contribution is -2.37. The first-order valence-electron chi connectivity index (χ1n) is 22.4. The summed E-state index contributed by atoms with van der Waals surface area (Å²) in [4.78, 5) is 2.40. The third-order valence-electron chi connectivity index (χ3n) is 14.0. The lowest BCUT2D eigenvalue weighted by Gasteiger charge is -2.48. The van der Waals surface area contributed by atoms with E-state index in [1.807, 2.05) is 0 Å². The van der Waals surface area contributed by atoms with E-state index in [2.05, 4.69) is 211 Å². The van der Waals surface area contributed by atoms with Crippen LogP contribution in [-0.2, 0) is 0 Å². The summed E-state index contributed by atoms with van der Waals surface area (Å²) in [6, 6.07) is 68.4. The van der Waals surface area contributed by atoms with Crippen LogP contribution >= 0.6 is 0 Å². The monoisotopic (exact) mass is 792 g/mol. The van der Waals surface area contributed by atoms with Gasteiger partial charge in [0.2, 0.25) is 0 Å².